The van der Waals surface area contributed by atoms with Gasteiger partial charge in [-0.05, 0) is 6.42 Å². The van der Waals surface area contributed by atoms with E-state index < -0.39 is 9.58 Å². The Kier molecular flexibility index (Phi) is 4.34. The Balaban J connectivity index is 3.74. The molecule has 0 aromatic heterocycles. The van der Waals surface area contributed by atoms with Crippen molar-refractivity contribution in [3.63, 3.8) is 0 Å². The molecule has 10 heavy (non-hydrogen) atoms. The van der Waals surface area contributed by atoms with Crippen LogP contribution in [-0.4, -0.2) is 9.58 Å². The number of hydrogen-bond donors (Lipinski definition) is 0. The van der Waals surface area contributed by atoms with Crippen LogP contribution in [0.15, 0.2) is 12.7 Å². The summed E-state index contributed by atoms with van der Waals surface area (Å²) in [4.78, 5) is 10.8. The number of allylic oxidation sites excluding steroid dienone is 1. The first-order valence-corrected chi connectivity index (χ1v) is 3.83. The molecule has 0 aliphatic heterocycles. The van der Waals surface area contributed by atoms with Crippen molar-refractivity contribution in [3.8, 4) is 0 Å². The minimum absolute atomic E-state index is 0.236. The van der Waals surface area contributed by atoms with Crippen LogP contribution >= 0.6 is 34.8 Å². The summed E-state index contributed by atoms with van der Waals surface area (Å²) in [5.41, 5.74) is 0. The molecule has 0 bridgehead atoms. The summed E-state index contributed by atoms with van der Waals surface area (Å²) in [5.74, 6) is -0.391. The van der Waals surface area contributed by atoms with Gasteiger partial charge in [-0.1, -0.05) is 40.9 Å². The Morgan fingerprint density at radius 2 is 2.00 bits per heavy atom. The van der Waals surface area contributed by atoms with Gasteiger partial charge in [-0.25, -0.2) is 0 Å². The molecule has 1 nitrogen and oxygen atoms in total. The number of alkyl halides is 3. The maximum Gasteiger partial charge on any atom is 0.248 e. The second-order valence-corrected chi connectivity index (χ2v) is 4.03. The molecule has 0 saturated heterocycles. The molecule has 0 atom stereocenters. The molecule has 0 heterocycles. The summed E-state index contributed by atoms with van der Waals surface area (Å²) in [5, 5.41) is 0. The Morgan fingerprint density at radius 1 is 1.50 bits per heavy atom. The lowest BCUT2D eigenvalue weighted by molar-refractivity contribution is -0.118. The van der Waals surface area contributed by atoms with E-state index in [-0.39, 0.29) is 6.42 Å². The van der Waals surface area contributed by atoms with Crippen molar-refractivity contribution in [1.82, 2.24) is 0 Å². The summed E-state index contributed by atoms with van der Waals surface area (Å²) >= 11 is 15.8. The van der Waals surface area contributed by atoms with Gasteiger partial charge in [0.05, 0.1) is 0 Å². The van der Waals surface area contributed by atoms with Gasteiger partial charge in [-0.2, -0.15) is 0 Å². The molecule has 0 saturated carbocycles. The molecule has 0 amide bonds. The molecule has 0 aromatic rings. The molecule has 4 heteroatoms. The molecule has 0 radical (unpaired) electrons. The van der Waals surface area contributed by atoms with E-state index in [0.29, 0.717) is 6.42 Å². The van der Waals surface area contributed by atoms with Crippen molar-refractivity contribution in [2.45, 2.75) is 16.6 Å². The lowest BCUT2D eigenvalue weighted by Gasteiger charge is -2.06. The van der Waals surface area contributed by atoms with Crippen molar-refractivity contribution in [2.75, 3.05) is 0 Å². The minimum atomic E-state index is -1.76. The summed E-state index contributed by atoms with van der Waals surface area (Å²) in [6.07, 6.45) is 2.39. The Hall–Kier alpha value is 0.280. The van der Waals surface area contributed by atoms with Crippen LogP contribution in [-0.2, 0) is 4.79 Å². The van der Waals surface area contributed by atoms with E-state index in [9.17, 15) is 4.79 Å². The molecular weight excluding hydrogens is 194 g/mol. The topological polar surface area (TPSA) is 17.1 Å². The van der Waals surface area contributed by atoms with Crippen LogP contribution in [0.25, 0.3) is 0 Å². The molecule has 0 spiro atoms. The van der Waals surface area contributed by atoms with E-state index in [0.717, 1.165) is 0 Å². The summed E-state index contributed by atoms with van der Waals surface area (Å²) in [7, 11) is 0. The van der Waals surface area contributed by atoms with E-state index in [4.69, 9.17) is 34.8 Å². The molecule has 0 rings (SSSR count). The van der Waals surface area contributed by atoms with E-state index in [2.05, 4.69) is 6.58 Å². The maximum absolute atomic E-state index is 10.8. The van der Waals surface area contributed by atoms with Crippen LogP contribution in [0.3, 0.4) is 0 Å². The fraction of sp³-hybridized carbons (Fsp3) is 0.500. The average Bonchev–Trinajstić information content (AvgIpc) is 1.80. The van der Waals surface area contributed by atoms with Gasteiger partial charge in [0, 0.05) is 6.42 Å². The van der Waals surface area contributed by atoms with E-state index in [1.807, 2.05) is 0 Å². The van der Waals surface area contributed by atoms with Gasteiger partial charge >= 0.3 is 0 Å². The highest BCUT2D eigenvalue weighted by Crippen LogP contribution is 2.28. The molecule has 0 aromatic carbocycles. The third-order valence-corrected chi connectivity index (χ3v) is 1.52. The van der Waals surface area contributed by atoms with Crippen LogP contribution in [0.5, 0.6) is 0 Å². The molecule has 0 fully saturated rings. The van der Waals surface area contributed by atoms with Gasteiger partial charge in [0.1, 0.15) is 0 Å². The van der Waals surface area contributed by atoms with E-state index >= 15 is 0 Å². The largest absolute Gasteiger partial charge is 0.295 e. The van der Waals surface area contributed by atoms with Gasteiger partial charge in [0.2, 0.25) is 3.79 Å². The Morgan fingerprint density at radius 3 is 2.30 bits per heavy atom. The number of Topliss-reactive ketones (excluding diaryl/α,β-unsaturated/α-hetero) is 1. The quantitative estimate of drug-likeness (QED) is 0.507. The zero-order chi connectivity index (χ0) is 8.20. The van der Waals surface area contributed by atoms with Crippen molar-refractivity contribution in [3.05, 3.63) is 12.7 Å². The molecule has 0 aliphatic rings. The second-order valence-electron chi connectivity index (χ2n) is 1.75. The predicted molar refractivity (Wildman–Crippen MR) is 44.7 cm³/mol. The number of hydrogen-bond acceptors (Lipinski definition) is 1. The SMILES string of the molecule is C=CCCC(=O)C(Cl)(Cl)Cl. The fourth-order valence-corrected chi connectivity index (χ4v) is 0.658. The molecule has 58 valence electrons. The first kappa shape index (κ1) is 10.3. The van der Waals surface area contributed by atoms with Crippen LogP contribution in [0, 0.1) is 0 Å². The van der Waals surface area contributed by atoms with Crippen molar-refractivity contribution in [2.24, 2.45) is 0 Å². The van der Waals surface area contributed by atoms with Gasteiger partial charge < -0.3 is 0 Å². The number of rotatable bonds is 3. The van der Waals surface area contributed by atoms with Crippen LogP contribution in [0.4, 0.5) is 0 Å². The Bertz CT molecular complexity index is 136. The van der Waals surface area contributed by atoms with Crippen LogP contribution < -0.4 is 0 Å². The third kappa shape index (κ3) is 4.15. The standard InChI is InChI=1S/C6H7Cl3O/c1-2-3-4-5(10)6(7,8)9/h2H,1,3-4H2. The highest BCUT2D eigenvalue weighted by Gasteiger charge is 2.28. The van der Waals surface area contributed by atoms with Crippen molar-refractivity contribution in [1.29, 1.82) is 0 Å². The first-order chi connectivity index (χ1) is 4.48. The monoisotopic (exact) mass is 200 g/mol. The zero-order valence-corrected chi connectivity index (χ0v) is 7.51. The normalized spacial score (nSPS) is 11.1. The van der Waals surface area contributed by atoms with Crippen LogP contribution in [0.1, 0.15) is 12.8 Å². The molecule has 0 N–H and O–H groups in total. The van der Waals surface area contributed by atoms with Gasteiger partial charge in [0.25, 0.3) is 0 Å². The molecule has 0 unspecified atom stereocenters. The number of carbonyl (C=O) groups excluding carboxylic acids is 1. The summed E-state index contributed by atoms with van der Waals surface area (Å²) in [6.45, 7) is 3.43. The maximum atomic E-state index is 10.8. The Labute approximate surface area is 74.9 Å². The number of halogens is 3. The smallest absolute Gasteiger partial charge is 0.248 e. The van der Waals surface area contributed by atoms with E-state index in [1.54, 1.807) is 6.08 Å². The third-order valence-electron chi connectivity index (χ3n) is 0.892. The van der Waals surface area contributed by atoms with Crippen molar-refractivity contribution >= 4 is 40.6 Å². The summed E-state index contributed by atoms with van der Waals surface area (Å²) in [6, 6.07) is 0. The lowest BCUT2D eigenvalue weighted by atomic mass is 10.2. The molecule has 0 aliphatic carbocycles. The highest BCUT2D eigenvalue weighted by atomic mass is 35.6. The predicted octanol–water partition coefficient (Wildman–Crippen LogP) is 2.89. The zero-order valence-electron chi connectivity index (χ0n) is 5.24. The number of ketones is 1. The number of carbonyl (C=O) groups is 1. The van der Waals surface area contributed by atoms with Crippen LogP contribution in [0.2, 0.25) is 0 Å². The fourth-order valence-electron chi connectivity index (χ4n) is 0.375. The average molecular weight is 201 g/mol. The summed E-state index contributed by atoms with van der Waals surface area (Å²) < 4.78 is -1.76. The highest BCUT2D eigenvalue weighted by molar-refractivity contribution is 6.76. The van der Waals surface area contributed by atoms with E-state index in [1.165, 1.54) is 0 Å². The van der Waals surface area contributed by atoms with Gasteiger partial charge in [-0.3, -0.25) is 4.79 Å². The van der Waals surface area contributed by atoms with Crippen molar-refractivity contribution < 1.29 is 4.79 Å². The van der Waals surface area contributed by atoms with Gasteiger partial charge in [-0.15, -0.1) is 6.58 Å². The second kappa shape index (κ2) is 4.22. The molecular formula is C6H7Cl3O. The lowest BCUT2D eigenvalue weighted by Crippen LogP contribution is -2.17. The van der Waals surface area contributed by atoms with Gasteiger partial charge in [0.15, 0.2) is 5.78 Å². The minimum Gasteiger partial charge on any atom is -0.295 e. The first-order valence-electron chi connectivity index (χ1n) is 2.69.